The monoisotopic (exact) mass is 274 g/mol. The summed E-state index contributed by atoms with van der Waals surface area (Å²) in [4.78, 5) is 0. The molecule has 5 heteroatoms. The second-order valence-corrected chi connectivity index (χ2v) is 4.74. The lowest BCUT2D eigenvalue weighted by Crippen LogP contribution is -2.33. The van der Waals surface area contributed by atoms with Gasteiger partial charge in [0.1, 0.15) is 0 Å². The highest BCUT2D eigenvalue weighted by Crippen LogP contribution is 2.28. The first-order chi connectivity index (χ1) is 9.78. The van der Waals surface area contributed by atoms with Gasteiger partial charge in [-0.2, -0.15) is 5.10 Å². The van der Waals surface area contributed by atoms with E-state index in [9.17, 15) is 0 Å². The molecule has 1 aromatic heterocycles. The Balaban J connectivity index is 1.91. The fourth-order valence-electron chi connectivity index (χ4n) is 2.29. The number of ether oxygens (including phenoxy) is 2. The number of benzene rings is 1. The maximum Gasteiger partial charge on any atom is 0.176 e. The van der Waals surface area contributed by atoms with E-state index >= 15 is 0 Å². The second-order valence-electron chi connectivity index (χ2n) is 4.74. The number of morpholine rings is 1. The lowest BCUT2D eigenvalue weighted by atomic mass is 10.2. The predicted molar refractivity (Wildman–Crippen MR) is 77.4 cm³/mol. The van der Waals surface area contributed by atoms with Gasteiger partial charge >= 0.3 is 0 Å². The summed E-state index contributed by atoms with van der Waals surface area (Å²) in [5.74, 6) is 1.52. The minimum Gasteiger partial charge on any atom is -0.493 e. The van der Waals surface area contributed by atoms with Crippen LogP contribution in [0.5, 0.6) is 5.75 Å². The van der Waals surface area contributed by atoms with Gasteiger partial charge in [0.15, 0.2) is 17.1 Å². The molecule has 1 aromatic carbocycles. The molecule has 0 unspecified atom stereocenters. The zero-order valence-electron chi connectivity index (χ0n) is 11.8. The molecule has 0 spiro atoms. The minimum atomic E-state index is 0.727. The lowest BCUT2D eigenvalue weighted by molar-refractivity contribution is 0.0393. The van der Waals surface area contributed by atoms with E-state index in [-0.39, 0.29) is 0 Å². The van der Waals surface area contributed by atoms with Gasteiger partial charge in [-0.25, -0.2) is 0 Å². The third kappa shape index (κ3) is 2.49. The molecule has 1 aliphatic heterocycles. The van der Waals surface area contributed by atoms with Crippen molar-refractivity contribution in [3.8, 4) is 5.75 Å². The molecule has 20 heavy (non-hydrogen) atoms. The van der Waals surface area contributed by atoms with Crippen LogP contribution in [0.3, 0.4) is 0 Å². The van der Waals surface area contributed by atoms with Gasteiger partial charge in [0.25, 0.3) is 0 Å². The number of furan rings is 1. The molecule has 0 atom stereocenters. The highest BCUT2D eigenvalue weighted by atomic mass is 16.5. The van der Waals surface area contributed by atoms with Crippen LogP contribution < -0.4 is 4.74 Å². The quantitative estimate of drug-likeness (QED) is 0.807. The topological polar surface area (TPSA) is 47.2 Å². The SMILES string of the molecule is COc1cccc2cc(C(C)=NN3CCOCC3)oc12. The highest BCUT2D eigenvalue weighted by molar-refractivity contribution is 6.00. The number of methoxy groups -OCH3 is 1. The van der Waals surface area contributed by atoms with Crippen molar-refractivity contribution in [1.82, 2.24) is 5.01 Å². The zero-order valence-corrected chi connectivity index (χ0v) is 11.8. The van der Waals surface area contributed by atoms with Gasteiger partial charge < -0.3 is 13.9 Å². The third-order valence-electron chi connectivity index (χ3n) is 3.36. The summed E-state index contributed by atoms with van der Waals surface area (Å²) in [5.41, 5.74) is 1.63. The predicted octanol–water partition coefficient (Wildman–Crippen LogP) is 2.50. The van der Waals surface area contributed by atoms with Crippen LogP contribution in [-0.2, 0) is 4.74 Å². The van der Waals surface area contributed by atoms with Gasteiger partial charge in [-0.1, -0.05) is 12.1 Å². The summed E-state index contributed by atoms with van der Waals surface area (Å²) in [6, 6.07) is 7.85. The number of hydrogen-bond acceptors (Lipinski definition) is 5. The van der Waals surface area contributed by atoms with E-state index in [4.69, 9.17) is 13.9 Å². The molecule has 2 aromatic rings. The number of rotatable bonds is 3. The van der Waals surface area contributed by atoms with E-state index < -0.39 is 0 Å². The average molecular weight is 274 g/mol. The second kappa shape index (κ2) is 5.54. The third-order valence-corrected chi connectivity index (χ3v) is 3.36. The molecular weight excluding hydrogens is 256 g/mol. The summed E-state index contributed by atoms with van der Waals surface area (Å²) >= 11 is 0. The Morgan fingerprint density at radius 1 is 1.30 bits per heavy atom. The van der Waals surface area contributed by atoms with Gasteiger partial charge in [-0.15, -0.1) is 0 Å². The van der Waals surface area contributed by atoms with E-state index in [0.29, 0.717) is 0 Å². The van der Waals surface area contributed by atoms with Crippen LogP contribution in [-0.4, -0.2) is 44.1 Å². The van der Waals surface area contributed by atoms with E-state index in [2.05, 4.69) is 5.10 Å². The molecule has 5 nitrogen and oxygen atoms in total. The molecule has 2 heterocycles. The van der Waals surface area contributed by atoms with Crippen LogP contribution in [0, 0.1) is 0 Å². The molecule has 0 radical (unpaired) electrons. The fraction of sp³-hybridized carbons (Fsp3) is 0.400. The van der Waals surface area contributed by atoms with Crippen molar-refractivity contribution in [1.29, 1.82) is 0 Å². The first-order valence-electron chi connectivity index (χ1n) is 6.73. The van der Waals surface area contributed by atoms with Crippen LogP contribution in [0.1, 0.15) is 12.7 Å². The van der Waals surface area contributed by atoms with Crippen molar-refractivity contribution in [2.24, 2.45) is 5.10 Å². The Morgan fingerprint density at radius 2 is 2.10 bits per heavy atom. The average Bonchev–Trinajstić information content (AvgIpc) is 2.92. The van der Waals surface area contributed by atoms with Crippen molar-refractivity contribution in [3.05, 3.63) is 30.0 Å². The Bertz CT molecular complexity index is 627. The number of fused-ring (bicyclic) bond motifs is 1. The Labute approximate surface area is 117 Å². The number of para-hydroxylation sites is 1. The molecule has 1 fully saturated rings. The lowest BCUT2D eigenvalue weighted by Gasteiger charge is -2.24. The number of nitrogens with zero attached hydrogens (tertiary/aromatic N) is 2. The van der Waals surface area contributed by atoms with Gasteiger partial charge in [0, 0.05) is 5.39 Å². The zero-order chi connectivity index (χ0) is 13.9. The Hall–Kier alpha value is -2.01. The van der Waals surface area contributed by atoms with Crippen LogP contribution in [0.4, 0.5) is 0 Å². The van der Waals surface area contributed by atoms with Gasteiger partial charge in [-0.05, 0) is 19.1 Å². The van der Waals surface area contributed by atoms with Crippen LogP contribution in [0.25, 0.3) is 11.0 Å². The van der Waals surface area contributed by atoms with Crippen molar-refractivity contribution in [3.63, 3.8) is 0 Å². The van der Waals surface area contributed by atoms with E-state index in [1.54, 1.807) is 7.11 Å². The maximum absolute atomic E-state index is 5.88. The van der Waals surface area contributed by atoms with Gasteiger partial charge in [0.05, 0.1) is 39.1 Å². The molecule has 1 saturated heterocycles. The normalized spacial score (nSPS) is 16.7. The summed E-state index contributed by atoms with van der Waals surface area (Å²) in [7, 11) is 1.64. The minimum absolute atomic E-state index is 0.727. The molecule has 0 amide bonds. The molecule has 106 valence electrons. The van der Waals surface area contributed by atoms with Gasteiger partial charge in [-0.3, -0.25) is 5.01 Å². The molecular formula is C15H18N2O3. The van der Waals surface area contributed by atoms with E-state index in [1.165, 1.54) is 0 Å². The summed E-state index contributed by atoms with van der Waals surface area (Å²) in [6.45, 7) is 5.05. The standard InChI is InChI=1S/C15H18N2O3/c1-11(16-17-6-8-19-9-7-17)14-10-12-4-3-5-13(18-2)15(12)20-14/h3-5,10H,6-9H2,1-2H3. The smallest absolute Gasteiger partial charge is 0.176 e. The first kappa shape index (κ1) is 13.0. The van der Waals surface area contributed by atoms with Crippen molar-refractivity contribution in [2.75, 3.05) is 33.4 Å². The molecule has 0 N–H and O–H groups in total. The molecule has 0 bridgehead atoms. The molecule has 3 rings (SSSR count). The van der Waals surface area contributed by atoms with Crippen LogP contribution in [0.15, 0.2) is 33.8 Å². The van der Waals surface area contributed by atoms with Crippen LogP contribution in [0.2, 0.25) is 0 Å². The Kier molecular flexibility index (Phi) is 3.60. The Morgan fingerprint density at radius 3 is 2.85 bits per heavy atom. The van der Waals surface area contributed by atoms with E-state index in [1.807, 2.05) is 36.2 Å². The largest absolute Gasteiger partial charge is 0.493 e. The van der Waals surface area contributed by atoms with Crippen molar-refractivity contribution >= 4 is 16.7 Å². The summed E-state index contributed by atoms with van der Waals surface area (Å²) < 4.78 is 16.5. The number of hydrazone groups is 1. The molecule has 0 aliphatic carbocycles. The van der Waals surface area contributed by atoms with Gasteiger partial charge in [0.2, 0.25) is 0 Å². The summed E-state index contributed by atoms with van der Waals surface area (Å²) in [6.07, 6.45) is 0. The van der Waals surface area contributed by atoms with Crippen LogP contribution >= 0.6 is 0 Å². The molecule has 0 saturated carbocycles. The summed E-state index contributed by atoms with van der Waals surface area (Å²) in [5, 5.41) is 7.63. The van der Waals surface area contributed by atoms with Crippen molar-refractivity contribution in [2.45, 2.75) is 6.92 Å². The van der Waals surface area contributed by atoms with Crippen molar-refractivity contribution < 1.29 is 13.9 Å². The maximum atomic E-state index is 5.88. The fourth-order valence-corrected chi connectivity index (χ4v) is 2.29. The van der Waals surface area contributed by atoms with E-state index in [0.717, 1.165) is 54.5 Å². The number of hydrogen-bond donors (Lipinski definition) is 0. The highest BCUT2D eigenvalue weighted by Gasteiger charge is 2.13. The molecule has 1 aliphatic rings. The first-order valence-corrected chi connectivity index (χ1v) is 6.73.